The molecule has 1 fully saturated rings. The third-order valence-electron chi connectivity index (χ3n) is 3.56. The number of nitrogens with two attached hydrogens (primary N) is 1. The zero-order valence-corrected chi connectivity index (χ0v) is 12.5. The molecule has 7 nitrogen and oxygen atoms in total. The summed E-state index contributed by atoms with van der Waals surface area (Å²) in [5.74, 6) is -0.304. The molecule has 1 aromatic rings. The molecule has 1 aliphatic heterocycles. The average molecular weight is 298 g/mol. The Balaban J connectivity index is 2.26. The predicted molar refractivity (Wildman–Crippen MR) is 76.8 cm³/mol. The molecule has 1 saturated heterocycles. The Labute approximate surface area is 121 Å². The zero-order valence-electron chi connectivity index (χ0n) is 11.7. The number of methoxy groups -OCH3 is 1. The lowest BCUT2D eigenvalue weighted by Crippen LogP contribution is -2.26. The minimum atomic E-state index is -0.263. The van der Waals surface area contributed by atoms with Crippen LogP contribution in [0, 0.1) is 11.8 Å². The van der Waals surface area contributed by atoms with Gasteiger partial charge in [-0.25, -0.2) is 0 Å². The Morgan fingerprint density at radius 2 is 2.20 bits per heavy atom. The van der Waals surface area contributed by atoms with E-state index >= 15 is 0 Å². The number of nitrogens with zero attached hydrogens (tertiary/aromatic N) is 2. The van der Waals surface area contributed by atoms with Crippen molar-refractivity contribution in [3.05, 3.63) is 5.56 Å². The molecule has 1 amide bonds. The predicted octanol–water partition coefficient (Wildman–Crippen LogP) is 0.330. The van der Waals surface area contributed by atoms with Gasteiger partial charge in [0.05, 0.1) is 13.0 Å². The maximum absolute atomic E-state index is 11.9. The molecule has 0 bridgehead atoms. The standard InChI is InChI=1S/C12H18N4O3S/c1-6-4-16(5-7(6)12(18)19-3)11-8(10(17)14-2)9(13)15-20-11/h6-7H,4-5H2,1-3H3,(H2,13,15)(H,14,17). The van der Waals surface area contributed by atoms with Crippen LogP contribution in [0.4, 0.5) is 10.8 Å². The number of hydrogen-bond donors (Lipinski definition) is 2. The molecule has 0 radical (unpaired) electrons. The van der Waals surface area contributed by atoms with E-state index in [4.69, 9.17) is 10.5 Å². The average Bonchev–Trinajstić information content (AvgIpc) is 3.00. The van der Waals surface area contributed by atoms with Gasteiger partial charge in [0.15, 0.2) is 5.82 Å². The molecule has 110 valence electrons. The van der Waals surface area contributed by atoms with Crippen molar-refractivity contribution in [1.29, 1.82) is 0 Å². The molecular formula is C12H18N4O3S. The third-order valence-corrected chi connectivity index (χ3v) is 4.48. The van der Waals surface area contributed by atoms with Crippen LogP contribution in [0.2, 0.25) is 0 Å². The summed E-state index contributed by atoms with van der Waals surface area (Å²) in [5, 5.41) is 3.27. The van der Waals surface area contributed by atoms with Crippen molar-refractivity contribution in [3.63, 3.8) is 0 Å². The molecule has 2 rings (SSSR count). The number of carbonyl (C=O) groups excluding carboxylic acids is 2. The molecular weight excluding hydrogens is 280 g/mol. The minimum Gasteiger partial charge on any atom is -0.469 e. The van der Waals surface area contributed by atoms with E-state index in [1.54, 1.807) is 7.05 Å². The molecule has 1 aromatic heterocycles. The summed E-state index contributed by atoms with van der Waals surface area (Å²) in [6.45, 7) is 3.18. The van der Waals surface area contributed by atoms with E-state index in [-0.39, 0.29) is 29.5 Å². The van der Waals surface area contributed by atoms with Crippen molar-refractivity contribution in [2.75, 3.05) is 37.9 Å². The Morgan fingerprint density at radius 1 is 1.50 bits per heavy atom. The quantitative estimate of drug-likeness (QED) is 0.781. The Bertz CT molecular complexity index is 531. The van der Waals surface area contributed by atoms with Crippen LogP contribution in [0.3, 0.4) is 0 Å². The number of anilines is 2. The van der Waals surface area contributed by atoms with E-state index in [0.717, 1.165) is 0 Å². The maximum Gasteiger partial charge on any atom is 0.310 e. The highest BCUT2D eigenvalue weighted by atomic mass is 32.1. The van der Waals surface area contributed by atoms with E-state index in [9.17, 15) is 9.59 Å². The van der Waals surface area contributed by atoms with Gasteiger partial charge in [0.1, 0.15) is 10.6 Å². The molecule has 3 N–H and O–H groups in total. The fourth-order valence-corrected chi connectivity index (χ4v) is 3.27. The molecule has 0 aliphatic carbocycles. The first-order chi connectivity index (χ1) is 9.49. The molecule has 0 aromatic carbocycles. The van der Waals surface area contributed by atoms with Crippen LogP contribution in [0.1, 0.15) is 17.3 Å². The van der Waals surface area contributed by atoms with E-state index < -0.39 is 0 Å². The van der Waals surface area contributed by atoms with Crippen molar-refractivity contribution >= 4 is 34.2 Å². The van der Waals surface area contributed by atoms with Gasteiger partial charge in [-0.15, -0.1) is 0 Å². The minimum absolute atomic E-state index is 0.156. The van der Waals surface area contributed by atoms with Gasteiger partial charge in [0, 0.05) is 20.1 Å². The molecule has 1 aliphatic rings. The number of hydrogen-bond acceptors (Lipinski definition) is 7. The van der Waals surface area contributed by atoms with Crippen molar-refractivity contribution in [2.24, 2.45) is 11.8 Å². The van der Waals surface area contributed by atoms with Gasteiger partial charge in [-0.05, 0) is 17.5 Å². The normalized spacial score (nSPS) is 21.9. The number of esters is 1. The summed E-state index contributed by atoms with van der Waals surface area (Å²) in [7, 11) is 2.94. The topological polar surface area (TPSA) is 97.5 Å². The number of amides is 1. The maximum atomic E-state index is 11.9. The van der Waals surface area contributed by atoms with Crippen molar-refractivity contribution in [3.8, 4) is 0 Å². The van der Waals surface area contributed by atoms with Gasteiger partial charge in [0.25, 0.3) is 5.91 Å². The molecule has 20 heavy (non-hydrogen) atoms. The number of carbonyl (C=O) groups is 2. The number of nitrogen functional groups attached to an aromatic ring is 1. The van der Waals surface area contributed by atoms with Crippen LogP contribution in [-0.4, -0.2) is 43.5 Å². The summed E-state index contributed by atoms with van der Waals surface area (Å²) in [6.07, 6.45) is 0. The highest BCUT2D eigenvalue weighted by Gasteiger charge is 2.38. The van der Waals surface area contributed by atoms with Crippen LogP contribution < -0.4 is 16.0 Å². The van der Waals surface area contributed by atoms with Crippen LogP contribution in [0.15, 0.2) is 0 Å². The van der Waals surface area contributed by atoms with Crippen LogP contribution >= 0.6 is 11.5 Å². The van der Waals surface area contributed by atoms with E-state index in [2.05, 4.69) is 9.69 Å². The zero-order chi connectivity index (χ0) is 14.9. The van der Waals surface area contributed by atoms with Gasteiger partial charge in [-0.3, -0.25) is 9.59 Å². The Hall–Kier alpha value is -1.83. The fourth-order valence-electron chi connectivity index (χ4n) is 2.44. The lowest BCUT2D eigenvalue weighted by atomic mass is 9.99. The summed E-state index contributed by atoms with van der Waals surface area (Å²) in [4.78, 5) is 25.6. The lowest BCUT2D eigenvalue weighted by Gasteiger charge is -2.17. The second-order valence-corrected chi connectivity index (χ2v) is 5.59. The van der Waals surface area contributed by atoms with Gasteiger partial charge in [-0.1, -0.05) is 6.92 Å². The molecule has 2 atom stereocenters. The summed E-state index contributed by atoms with van der Waals surface area (Å²) in [5.41, 5.74) is 6.15. The first-order valence-corrected chi connectivity index (χ1v) is 7.06. The monoisotopic (exact) mass is 298 g/mol. The second kappa shape index (κ2) is 5.66. The van der Waals surface area contributed by atoms with Gasteiger partial charge in [0.2, 0.25) is 0 Å². The number of aromatic nitrogens is 1. The summed E-state index contributed by atoms with van der Waals surface area (Å²) in [6, 6.07) is 0. The van der Waals surface area contributed by atoms with Gasteiger partial charge >= 0.3 is 5.97 Å². The van der Waals surface area contributed by atoms with Gasteiger partial charge in [-0.2, -0.15) is 4.37 Å². The van der Waals surface area contributed by atoms with Crippen molar-refractivity contribution in [1.82, 2.24) is 9.69 Å². The Kier molecular flexibility index (Phi) is 4.12. The highest BCUT2D eigenvalue weighted by Crippen LogP contribution is 2.36. The Morgan fingerprint density at radius 3 is 2.80 bits per heavy atom. The molecule has 0 spiro atoms. The summed E-state index contributed by atoms with van der Waals surface area (Å²) < 4.78 is 8.86. The molecule has 0 saturated carbocycles. The van der Waals surface area contributed by atoms with E-state index in [0.29, 0.717) is 23.7 Å². The third kappa shape index (κ3) is 2.43. The van der Waals surface area contributed by atoms with Crippen molar-refractivity contribution in [2.45, 2.75) is 6.92 Å². The van der Waals surface area contributed by atoms with E-state index in [1.165, 1.54) is 18.6 Å². The number of ether oxygens (including phenoxy) is 1. The first-order valence-electron chi connectivity index (χ1n) is 6.29. The van der Waals surface area contributed by atoms with E-state index in [1.807, 2.05) is 11.8 Å². The van der Waals surface area contributed by atoms with Crippen LogP contribution in [0.25, 0.3) is 0 Å². The number of rotatable bonds is 3. The smallest absolute Gasteiger partial charge is 0.310 e. The summed E-state index contributed by atoms with van der Waals surface area (Å²) >= 11 is 1.18. The fraction of sp³-hybridized carbons (Fsp3) is 0.583. The SMILES string of the molecule is CNC(=O)c1c(N)nsc1N1CC(C)C(C(=O)OC)C1. The molecule has 8 heteroatoms. The second-order valence-electron chi connectivity index (χ2n) is 4.84. The largest absolute Gasteiger partial charge is 0.469 e. The first kappa shape index (κ1) is 14.6. The van der Waals surface area contributed by atoms with Gasteiger partial charge < -0.3 is 20.7 Å². The highest BCUT2D eigenvalue weighted by molar-refractivity contribution is 7.11. The molecule has 2 unspecified atom stereocenters. The van der Waals surface area contributed by atoms with Crippen molar-refractivity contribution < 1.29 is 14.3 Å². The van der Waals surface area contributed by atoms with Crippen LogP contribution in [0.5, 0.6) is 0 Å². The molecule has 2 heterocycles. The lowest BCUT2D eigenvalue weighted by molar-refractivity contribution is -0.145. The number of nitrogens with one attached hydrogen (secondary N) is 1. The van der Waals surface area contributed by atoms with Crippen LogP contribution in [-0.2, 0) is 9.53 Å².